The molecule has 2 aliphatic heterocycles. The van der Waals surface area contributed by atoms with Crippen molar-refractivity contribution in [3.05, 3.63) is 42.3 Å². The van der Waals surface area contributed by atoms with Gasteiger partial charge in [0.1, 0.15) is 30.7 Å². The number of nitrogens with zero attached hydrogens (tertiary/aromatic N) is 5. The Morgan fingerprint density at radius 1 is 1.26 bits per heavy atom. The Morgan fingerprint density at radius 3 is 2.63 bits per heavy atom. The zero-order chi connectivity index (χ0) is 25.2. The van der Waals surface area contributed by atoms with E-state index in [1.165, 1.54) is 29.6 Å². The predicted molar refractivity (Wildman–Crippen MR) is 120 cm³/mol. The fraction of sp³-hybridized carbons (Fsp3) is 0.300. The number of carbonyl (C=O) groups is 2. The maximum atomic E-state index is 14.8. The molecule has 0 aliphatic carbocycles. The molecule has 186 valence electrons. The molecule has 1 aromatic heterocycles. The molecule has 15 heteroatoms. The lowest BCUT2D eigenvalue weighted by molar-refractivity contribution is -0.134. The molecule has 1 atom stereocenters. The molecular weight excluding hydrogens is 488 g/mol. The van der Waals surface area contributed by atoms with E-state index in [0.717, 1.165) is 5.01 Å². The van der Waals surface area contributed by atoms with E-state index in [4.69, 9.17) is 19.6 Å². The number of hydrogen-bond acceptors (Lipinski definition) is 9. The number of benzene rings is 1. The number of hydrogen-bond donors (Lipinski definition) is 3. The van der Waals surface area contributed by atoms with Crippen molar-refractivity contribution in [2.45, 2.75) is 6.10 Å². The van der Waals surface area contributed by atoms with Crippen LogP contribution in [0.2, 0.25) is 0 Å². The number of hydrazone groups is 1. The SMILES string of the molecule is O=C(COP(=O)(O)O)N1CCN(c2ccc(-c3ccc(N4C[C@H](CO)OC4=O)cc3F)cn2)C=N1. The lowest BCUT2D eigenvalue weighted by Crippen LogP contribution is -2.42. The normalized spacial score (nSPS) is 18.2. The molecule has 35 heavy (non-hydrogen) atoms. The van der Waals surface area contributed by atoms with Crippen LogP contribution in [0.1, 0.15) is 0 Å². The first-order valence-corrected chi connectivity index (χ1v) is 11.8. The number of cyclic esters (lactones) is 1. The molecule has 4 rings (SSSR count). The van der Waals surface area contributed by atoms with Crippen LogP contribution in [-0.4, -0.2) is 82.2 Å². The molecule has 2 aromatic rings. The van der Waals surface area contributed by atoms with E-state index in [1.807, 2.05) is 0 Å². The minimum atomic E-state index is -4.76. The smallest absolute Gasteiger partial charge is 0.441 e. The van der Waals surface area contributed by atoms with Gasteiger partial charge in [-0.15, -0.1) is 0 Å². The summed E-state index contributed by atoms with van der Waals surface area (Å²) >= 11 is 0. The largest absolute Gasteiger partial charge is 0.470 e. The summed E-state index contributed by atoms with van der Waals surface area (Å²) in [6.07, 6.45) is 1.50. The lowest BCUT2D eigenvalue weighted by Gasteiger charge is -2.28. The monoisotopic (exact) mass is 509 g/mol. The van der Waals surface area contributed by atoms with Crippen LogP contribution in [-0.2, 0) is 18.6 Å². The Morgan fingerprint density at radius 2 is 2.06 bits per heavy atom. The van der Waals surface area contributed by atoms with Gasteiger partial charge in [0.15, 0.2) is 0 Å². The van der Waals surface area contributed by atoms with Crippen molar-refractivity contribution < 1.29 is 42.7 Å². The number of rotatable bonds is 7. The number of halogens is 1. The number of carbonyl (C=O) groups excluding carboxylic acids is 2. The van der Waals surface area contributed by atoms with Gasteiger partial charge < -0.3 is 24.5 Å². The molecule has 1 saturated heterocycles. The molecule has 0 spiro atoms. The maximum absolute atomic E-state index is 14.8. The van der Waals surface area contributed by atoms with E-state index in [1.54, 1.807) is 23.1 Å². The van der Waals surface area contributed by atoms with Crippen molar-refractivity contribution in [2.24, 2.45) is 5.10 Å². The molecule has 3 heterocycles. The van der Waals surface area contributed by atoms with Gasteiger partial charge in [-0.05, 0) is 30.3 Å². The summed E-state index contributed by atoms with van der Waals surface area (Å²) in [5.41, 5.74) is 1.08. The Balaban J connectivity index is 1.41. The average Bonchev–Trinajstić information content (AvgIpc) is 3.23. The first-order chi connectivity index (χ1) is 16.6. The van der Waals surface area contributed by atoms with Crippen molar-refractivity contribution >= 4 is 37.7 Å². The summed E-state index contributed by atoms with van der Waals surface area (Å²) in [7, 11) is -4.76. The van der Waals surface area contributed by atoms with Gasteiger partial charge in [0.25, 0.3) is 5.91 Å². The highest BCUT2D eigenvalue weighted by atomic mass is 31.2. The second kappa shape index (κ2) is 10.1. The van der Waals surface area contributed by atoms with Crippen LogP contribution in [0.3, 0.4) is 0 Å². The van der Waals surface area contributed by atoms with Gasteiger partial charge in [-0.2, -0.15) is 5.10 Å². The van der Waals surface area contributed by atoms with E-state index < -0.39 is 38.4 Å². The predicted octanol–water partition coefficient (Wildman–Crippen LogP) is 0.906. The topological polar surface area (TPSA) is 165 Å². The second-order valence-corrected chi connectivity index (χ2v) is 8.81. The molecule has 0 saturated carbocycles. The third-order valence-corrected chi connectivity index (χ3v) is 5.69. The van der Waals surface area contributed by atoms with Crippen LogP contribution in [0.25, 0.3) is 11.1 Å². The van der Waals surface area contributed by atoms with Gasteiger partial charge >= 0.3 is 13.9 Å². The number of pyridine rings is 1. The lowest BCUT2D eigenvalue weighted by atomic mass is 10.1. The zero-order valence-electron chi connectivity index (χ0n) is 18.1. The minimum absolute atomic E-state index is 0.126. The van der Waals surface area contributed by atoms with E-state index >= 15 is 0 Å². The van der Waals surface area contributed by atoms with Gasteiger partial charge in [-0.3, -0.25) is 14.2 Å². The average molecular weight is 509 g/mol. The summed E-state index contributed by atoms with van der Waals surface area (Å²) in [6, 6.07) is 7.61. The molecule has 0 unspecified atom stereocenters. The van der Waals surface area contributed by atoms with Crippen molar-refractivity contribution in [1.82, 2.24) is 9.99 Å². The van der Waals surface area contributed by atoms with Gasteiger partial charge in [0.2, 0.25) is 0 Å². The quantitative estimate of drug-likeness (QED) is 0.457. The Kier molecular flexibility index (Phi) is 7.10. The fourth-order valence-electron chi connectivity index (χ4n) is 3.47. The standard InChI is InChI=1S/C20H21FN5O8P/c21-17-7-14(25-9-15(10-27)34-20(25)29)2-3-16(17)13-1-4-18(22-8-13)24-5-6-26(23-12-24)19(28)11-33-35(30,31)32/h1-4,7-8,12,15,27H,5-6,9-11H2,(H2,30,31,32)/t15-/m1/s1. The van der Waals surface area contributed by atoms with Crippen LogP contribution in [0.5, 0.6) is 0 Å². The van der Waals surface area contributed by atoms with Crippen molar-refractivity contribution in [3.8, 4) is 11.1 Å². The number of aromatic nitrogens is 1. The Hall–Kier alpha value is -3.42. The van der Waals surface area contributed by atoms with Crippen molar-refractivity contribution in [3.63, 3.8) is 0 Å². The van der Waals surface area contributed by atoms with Gasteiger partial charge in [0.05, 0.1) is 25.4 Å². The number of phosphoric acid groups is 1. The third kappa shape index (κ3) is 5.81. The van der Waals surface area contributed by atoms with E-state index in [9.17, 15) is 18.5 Å². The first-order valence-electron chi connectivity index (χ1n) is 10.3. The van der Waals surface area contributed by atoms with Crippen LogP contribution >= 0.6 is 7.82 Å². The molecule has 2 amide bonds. The molecule has 1 fully saturated rings. The minimum Gasteiger partial charge on any atom is -0.441 e. The number of anilines is 2. The van der Waals surface area contributed by atoms with Crippen molar-refractivity contribution in [1.29, 1.82) is 0 Å². The number of aliphatic hydroxyl groups excluding tert-OH is 1. The second-order valence-electron chi connectivity index (χ2n) is 7.57. The molecule has 3 N–H and O–H groups in total. The number of phosphoric ester groups is 1. The number of aliphatic hydroxyl groups is 1. The Bertz CT molecular complexity index is 1190. The molecule has 0 radical (unpaired) electrons. The van der Waals surface area contributed by atoms with Gasteiger partial charge in [-0.25, -0.2) is 23.7 Å². The van der Waals surface area contributed by atoms with Gasteiger partial charge in [0, 0.05) is 23.9 Å². The highest BCUT2D eigenvalue weighted by Crippen LogP contribution is 2.35. The first kappa shape index (κ1) is 24.7. The number of ether oxygens (including phenoxy) is 1. The Labute approximate surface area is 198 Å². The highest BCUT2D eigenvalue weighted by Gasteiger charge is 2.32. The maximum Gasteiger partial charge on any atom is 0.470 e. The summed E-state index contributed by atoms with van der Waals surface area (Å²) in [5.74, 6) is -0.785. The van der Waals surface area contributed by atoms with E-state index in [2.05, 4.69) is 14.6 Å². The van der Waals surface area contributed by atoms with Gasteiger partial charge in [-0.1, -0.05) is 0 Å². The molecule has 0 bridgehead atoms. The van der Waals surface area contributed by atoms with Crippen LogP contribution in [0.15, 0.2) is 41.6 Å². The molecule has 2 aliphatic rings. The molecular formula is C20H21FN5O8P. The summed E-state index contributed by atoms with van der Waals surface area (Å²) in [5, 5.41) is 14.1. The van der Waals surface area contributed by atoms with Crippen LogP contribution < -0.4 is 9.80 Å². The summed E-state index contributed by atoms with van der Waals surface area (Å²) in [6.45, 7) is -0.556. The zero-order valence-corrected chi connectivity index (χ0v) is 19.0. The van der Waals surface area contributed by atoms with Crippen molar-refractivity contribution in [2.75, 3.05) is 42.6 Å². The number of amides is 2. The third-order valence-electron chi connectivity index (χ3n) is 5.22. The van der Waals surface area contributed by atoms with E-state index in [-0.39, 0.29) is 25.3 Å². The highest BCUT2D eigenvalue weighted by molar-refractivity contribution is 7.46. The van der Waals surface area contributed by atoms with Crippen LogP contribution in [0, 0.1) is 5.82 Å². The fourth-order valence-corrected chi connectivity index (χ4v) is 3.75. The van der Waals surface area contributed by atoms with Crippen LogP contribution in [0.4, 0.5) is 20.7 Å². The molecule has 1 aromatic carbocycles. The molecule has 13 nitrogen and oxygen atoms in total. The summed E-state index contributed by atoms with van der Waals surface area (Å²) < 4.78 is 34.7. The van der Waals surface area contributed by atoms with E-state index in [0.29, 0.717) is 23.6 Å². The summed E-state index contributed by atoms with van der Waals surface area (Å²) in [4.78, 5) is 48.4.